The van der Waals surface area contributed by atoms with Crippen LogP contribution in [0.1, 0.15) is 12.5 Å². The van der Waals surface area contributed by atoms with Gasteiger partial charge < -0.3 is 10.2 Å². The maximum Gasteiger partial charge on any atom is 0.135 e. The van der Waals surface area contributed by atoms with Crippen molar-refractivity contribution in [3.8, 4) is 11.3 Å². The molecular formula is C16H15NO. The number of hydrogen-bond donors (Lipinski definition) is 1. The van der Waals surface area contributed by atoms with E-state index < -0.39 is 0 Å². The molecule has 0 atom stereocenters. The largest absolute Gasteiger partial charge is 0.456 e. The summed E-state index contributed by atoms with van der Waals surface area (Å²) in [6, 6.07) is 16.2. The summed E-state index contributed by atoms with van der Waals surface area (Å²) in [7, 11) is 0. The second kappa shape index (κ2) is 4.22. The maximum atomic E-state index is 5.92. The molecule has 0 aliphatic rings. The third-order valence-electron chi connectivity index (χ3n) is 3.23. The number of nitrogens with two attached hydrogens (primary N) is 1. The van der Waals surface area contributed by atoms with Gasteiger partial charge in [-0.1, -0.05) is 25.1 Å². The van der Waals surface area contributed by atoms with E-state index in [2.05, 4.69) is 25.1 Å². The lowest BCUT2D eigenvalue weighted by atomic mass is 10.0. The molecule has 1 heterocycles. The van der Waals surface area contributed by atoms with Crippen LogP contribution in [0.4, 0.5) is 5.69 Å². The van der Waals surface area contributed by atoms with Gasteiger partial charge in [0.05, 0.1) is 0 Å². The molecule has 3 rings (SSSR count). The predicted octanol–water partition coefficient (Wildman–Crippen LogP) is 4.24. The number of para-hydroxylation sites is 1. The molecule has 0 bridgehead atoms. The van der Waals surface area contributed by atoms with Crippen molar-refractivity contribution < 1.29 is 4.42 Å². The lowest BCUT2D eigenvalue weighted by Crippen LogP contribution is -1.92. The fourth-order valence-electron chi connectivity index (χ4n) is 2.19. The summed E-state index contributed by atoms with van der Waals surface area (Å²) < 4.78 is 5.85. The fraction of sp³-hybridized carbons (Fsp3) is 0.125. The van der Waals surface area contributed by atoms with Gasteiger partial charge in [-0.2, -0.15) is 0 Å². The van der Waals surface area contributed by atoms with E-state index in [0.29, 0.717) is 0 Å². The lowest BCUT2D eigenvalue weighted by Gasteiger charge is -2.04. The summed E-state index contributed by atoms with van der Waals surface area (Å²) in [6.07, 6.45) is 0.930. The van der Waals surface area contributed by atoms with Crippen LogP contribution >= 0.6 is 0 Å². The maximum absolute atomic E-state index is 5.92. The van der Waals surface area contributed by atoms with Crippen LogP contribution in [0.15, 0.2) is 52.9 Å². The Labute approximate surface area is 106 Å². The van der Waals surface area contributed by atoms with Crippen LogP contribution in [-0.2, 0) is 6.42 Å². The monoisotopic (exact) mass is 237 g/mol. The lowest BCUT2D eigenvalue weighted by molar-refractivity contribution is 0.631. The number of fused-ring (bicyclic) bond motifs is 1. The van der Waals surface area contributed by atoms with Gasteiger partial charge in [0.1, 0.15) is 11.3 Å². The van der Waals surface area contributed by atoms with Gasteiger partial charge in [0.25, 0.3) is 0 Å². The van der Waals surface area contributed by atoms with Crippen LogP contribution in [0.25, 0.3) is 22.3 Å². The minimum atomic E-state index is 0.845. The highest BCUT2D eigenvalue weighted by atomic mass is 16.3. The van der Waals surface area contributed by atoms with Gasteiger partial charge in [0, 0.05) is 16.6 Å². The molecular weight excluding hydrogens is 222 g/mol. The van der Waals surface area contributed by atoms with Crippen molar-refractivity contribution in [3.05, 3.63) is 54.1 Å². The summed E-state index contributed by atoms with van der Waals surface area (Å²) in [4.78, 5) is 0. The Bertz CT molecular complexity index is 664. The van der Waals surface area contributed by atoms with E-state index in [0.717, 1.165) is 40.0 Å². The van der Waals surface area contributed by atoms with Crippen LogP contribution in [-0.4, -0.2) is 0 Å². The smallest absolute Gasteiger partial charge is 0.135 e. The average molecular weight is 237 g/mol. The topological polar surface area (TPSA) is 39.2 Å². The van der Waals surface area contributed by atoms with Crippen molar-refractivity contribution in [1.29, 1.82) is 0 Å². The van der Waals surface area contributed by atoms with Crippen LogP contribution < -0.4 is 5.73 Å². The zero-order valence-corrected chi connectivity index (χ0v) is 10.3. The number of hydrogen-bond acceptors (Lipinski definition) is 2. The number of anilines is 1. The molecule has 2 aromatic carbocycles. The fourth-order valence-corrected chi connectivity index (χ4v) is 2.19. The molecule has 0 unspecified atom stereocenters. The van der Waals surface area contributed by atoms with E-state index >= 15 is 0 Å². The summed E-state index contributed by atoms with van der Waals surface area (Å²) >= 11 is 0. The zero-order valence-electron chi connectivity index (χ0n) is 10.3. The zero-order chi connectivity index (χ0) is 12.5. The normalized spacial score (nSPS) is 10.9. The number of nitrogen functional groups attached to an aromatic ring is 1. The highest BCUT2D eigenvalue weighted by Gasteiger charge is 2.07. The molecule has 18 heavy (non-hydrogen) atoms. The second-order valence-electron chi connectivity index (χ2n) is 4.42. The van der Waals surface area contributed by atoms with E-state index in [1.54, 1.807) is 0 Å². The minimum absolute atomic E-state index is 0.845. The van der Waals surface area contributed by atoms with E-state index in [-0.39, 0.29) is 0 Å². The number of furan rings is 1. The van der Waals surface area contributed by atoms with Gasteiger partial charge in [0.15, 0.2) is 0 Å². The van der Waals surface area contributed by atoms with Crippen molar-refractivity contribution in [2.45, 2.75) is 13.3 Å². The second-order valence-corrected chi connectivity index (χ2v) is 4.42. The first-order chi connectivity index (χ1) is 8.78. The van der Waals surface area contributed by atoms with Crippen LogP contribution in [0.5, 0.6) is 0 Å². The SMILES string of the molecule is CCc1cc(-c2cc3ccccc3o2)ccc1N. The molecule has 0 aliphatic carbocycles. The Morgan fingerprint density at radius 2 is 1.89 bits per heavy atom. The van der Waals surface area contributed by atoms with E-state index in [9.17, 15) is 0 Å². The number of benzene rings is 2. The Hall–Kier alpha value is -2.22. The molecule has 0 saturated carbocycles. The highest BCUT2D eigenvalue weighted by Crippen LogP contribution is 2.29. The highest BCUT2D eigenvalue weighted by molar-refractivity contribution is 5.83. The molecule has 0 fully saturated rings. The van der Waals surface area contributed by atoms with Crippen molar-refractivity contribution in [2.75, 3.05) is 5.73 Å². The van der Waals surface area contributed by atoms with Crippen molar-refractivity contribution >= 4 is 16.7 Å². The van der Waals surface area contributed by atoms with E-state index in [1.165, 1.54) is 0 Å². The standard InChI is InChI=1S/C16H15NO/c1-2-11-9-13(7-8-14(11)17)16-10-12-5-3-4-6-15(12)18-16/h3-10H,2,17H2,1H3. The summed E-state index contributed by atoms with van der Waals surface area (Å²) in [6.45, 7) is 2.11. The molecule has 3 aromatic rings. The van der Waals surface area contributed by atoms with Crippen molar-refractivity contribution in [2.24, 2.45) is 0 Å². The first-order valence-electron chi connectivity index (χ1n) is 6.15. The molecule has 1 aromatic heterocycles. The molecule has 0 amide bonds. The Kier molecular flexibility index (Phi) is 2.56. The van der Waals surface area contributed by atoms with E-state index in [1.807, 2.05) is 30.3 Å². The van der Waals surface area contributed by atoms with Crippen LogP contribution in [0.3, 0.4) is 0 Å². The van der Waals surface area contributed by atoms with Crippen molar-refractivity contribution in [1.82, 2.24) is 0 Å². The molecule has 2 N–H and O–H groups in total. The first-order valence-corrected chi connectivity index (χ1v) is 6.15. The number of aryl methyl sites for hydroxylation is 1. The molecule has 2 nitrogen and oxygen atoms in total. The molecule has 0 aliphatic heterocycles. The number of rotatable bonds is 2. The minimum Gasteiger partial charge on any atom is -0.456 e. The molecule has 0 spiro atoms. The van der Waals surface area contributed by atoms with E-state index in [4.69, 9.17) is 10.2 Å². The predicted molar refractivity (Wildman–Crippen MR) is 75.4 cm³/mol. The average Bonchev–Trinajstić information content (AvgIpc) is 2.83. The Morgan fingerprint density at radius 3 is 2.67 bits per heavy atom. The van der Waals surface area contributed by atoms with Crippen LogP contribution in [0, 0.1) is 0 Å². The summed E-state index contributed by atoms with van der Waals surface area (Å²) in [5.74, 6) is 0.894. The van der Waals surface area contributed by atoms with Gasteiger partial charge in [0.2, 0.25) is 0 Å². The molecule has 0 saturated heterocycles. The molecule has 90 valence electrons. The first kappa shape index (κ1) is 10.9. The third kappa shape index (κ3) is 1.76. The van der Waals surface area contributed by atoms with Crippen LogP contribution in [0.2, 0.25) is 0 Å². The quantitative estimate of drug-likeness (QED) is 0.677. The van der Waals surface area contributed by atoms with Gasteiger partial charge in [-0.25, -0.2) is 0 Å². The summed E-state index contributed by atoms with van der Waals surface area (Å²) in [5, 5.41) is 1.13. The van der Waals surface area contributed by atoms with Gasteiger partial charge in [-0.05, 0) is 42.3 Å². The van der Waals surface area contributed by atoms with Gasteiger partial charge in [-0.15, -0.1) is 0 Å². The van der Waals surface area contributed by atoms with Crippen molar-refractivity contribution in [3.63, 3.8) is 0 Å². The van der Waals surface area contributed by atoms with Gasteiger partial charge in [-0.3, -0.25) is 0 Å². The third-order valence-corrected chi connectivity index (χ3v) is 3.23. The Morgan fingerprint density at radius 1 is 1.06 bits per heavy atom. The molecule has 0 radical (unpaired) electrons. The van der Waals surface area contributed by atoms with Gasteiger partial charge >= 0.3 is 0 Å². The Balaban J connectivity index is 2.13. The summed E-state index contributed by atoms with van der Waals surface area (Å²) in [5.41, 5.74) is 9.93. The molecule has 2 heteroatoms.